The number of nitrogens with zero attached hydrogens (tertiary/aromatic N) is 1. The van der Waals surface area contributed by atoms with Gasteiger partial charge in [-0.25, -0.2) is 0 Å². The first-order valence-electron chi connectivity index (χ1n) is 22.3. The Morgan fingerprint density at radius 2 is 0.688 bits per heavy atom. The van der Waals surface area contributed by atoms with Gasteiger partial charge < -0.3 is 4.90 Å². The summed E-state index contributed by atoms with van der Waals surface area (Å²) in [5.74, 6) is 0. The summed E-state index contributed by atoms with van der Waals surface area (Å²) in [7, 11) is 0. The maximum absolute atomic E-state index is 2.47. The molecule has 10 aromatic rings. The van der Waals surface area contributed by atoms with Gasteiger partial charge in [0.25, 0.3) is 0 Å². The molecule has 0 bridgehead atoms. The summed E-state index contributed by atoms with van der Waals surface area (Å²) < 4.78 is 0. The second-order valence-electron chi connectivity index (χ2n) is 17.2. The maximum Gasteiger partial charge on any atom is 0.0540 e. The fraction of sp³-hybridized carbons (Fsp3) is 0.0476. The van der Waals surface area contributed by atoms with Crippen LogP contribution in [0.4, 0.5) is 17.1 Å². The number of anilines is 3. The number of benzene rings is 10. The van der Waals surface area contributed by atoms with Gasteiger partial charge in [-0.3, -0.25) is 0 Å². The molecule has 304 valence electrons. The third-order valence-electron chi connectivity index (χ3n) is 13.1. The molecule has 1 heteroatoms. The van der Waals surface area contributed by atoms with Gasteiger partial charge >= 0.3 is 0 Å². The predicted molar refractivity (Wildman–Crippen MR) is 271 cm³/mol. The Morgan fingerprint density at radius 3 is 1.33 bits per heavy atom. The summed E-state index contributed by atoms with van der Waals surface area (Å²) in [5, 5.41) is 0. The van der Waals surface area contributed by atoms with E-state index in [2.05, 4.69) is 267 Å². The summed E-state index contributed by atoms with van der Waals surface area (Å²) in [6.07, 6.45) is 0. The van der Waals surface area contributed by atoms with E-state index >= 15 is 0 Å². The third kappa shape index (κ3) is 6.93. The molecule has 1 aliphatic rings. The van der Waals surface area contributed by atoms with Crippen molar-refractivity contribution in [3.8, 4) is 77.9 Å². The zero-order chi connectivity index (χ0) is 43.0. The molecule has 1 nitrogen and oxygen atoms in total. The molecular weight excluding hydrogens is 771 g/mol. The highest BCUT2D eigenvalue weighted by molar-refractivity contribution is 6.03. The molecule has 0 radical (unpaired) electrons. The van der Waals surface area contributed by atoms with Gasteiger partial charge in [-0.05, 0) is 114 Å². The molecule has 0 heterocycles. The fourth-order valence-corrected chi connectivity index (χ4v) is 9.94. The van der Waals surface area contributed by atoms with Crippen molar-refractivity contribution in [2.75, 3.05) is 4.90 Å². The minimum Gasteiger partial charge on any atom is -0.310 e. The van der Waals surface area contributed by atoms with Gasteiger partial charge in [0.05, 0.1) is 5.69 Å². The lowest BCUT2D eigenvalue weighted by atomic mass is 9.82. The van der Waals surface area contributed by atoms with Gasteiger partial charge in [0.2, 0.25) is 0 Å². The van der Waals surface area contributed by atoms with Crippen LogP contribution in [-0.4, -0.2) is 0 Å². The summed E-state index contributed by atoms with van der Waals surface area (Å²) in [6, 6.07) is 90.9. The number of hydrogen-bond donors (Lipinski definition) is 0. The smallest absolute Gasteiger partial charge is 0.0540 e. The van der Waals surface area contributed by atoms with E-state index in [-0.39, 0.29) is 5.41 Å². The highest BCUT2D eigenvalue weighted by Crippen LogP contribution is 2.52. The monoisotopic (exact) mass is 817 g/mol. The lowest BCUT2D eigenvalue weighted by molar-refractivity contribution is 0.660. The van der Waals surface area contributed by atoms with E-state index in [1.807, 2.05) is 0 Å². The minimum atomic E-state index is -0.152. The molecule has 0 amide bonds. The second kappa shape index (κ2) is 16.4. The van der Waals surface area contributed by atoms with Crippen molar-refractivity contribution in [3.63, 3.8) is 0 Å². The van der Waals surface area contributed by atoms with Crippen LogP contribution in [0.15, 0.2) is 249 Å². The molecule has 10 aromatic carbocycles. The van der Waals surface area contributed by atoms with E-state index in [0.29, 0.717) is 0 Å². The van der Waals surface area contributed by atoms with Crippen molar-refractivity contribution >= 4 is 17.1 Å². The molecule has 0 aliphatic heterocycles. The molecule has 0 N–H and O–H groups in total. The van der Waals surface area contributed by atoms with E-state index in [9.17, 15) is 0 Å². The average Bonchev–Trinajstić information content (AvgIpc) is 3.60. The zero-order valence-electron chi connectivity index (χ0n) is 36.1. The number of rotatable bonds is 9. The van der Waals surface area contributed by atoms with Crippen LogP contribution >= 0.6 is 0 Å². The zero-order valence-corrected chi connectivity index (χ0v) is 36.1. The summed E-state index contributed by atoms with van der Waals surface area (Å²) in [4.78, 5) is 2.47. The lowest BCUT2D eigenvalue weighted by Crippen LogP contribution is -2.17. The third-order valence-corrected chi connectivity index (χ3v) is 13.1. The van der Waals surface area contributed by atoms with Gasteiger partial charge in [0.1, 0.15) is 0 Å². The Hall–Kier alpha value is -8.00. The van der Waals surface area contributed by atoms with Crippen LogP contribution in [0.2, 0.25) is 0 Å². The Morgan fingerprint density at radius 1 is 0.266 bits per heavy atom. The van der Waals surface area contributed by atoms with E-state index in [1.165, 1.54) is 83.5 Å². The van der Waals surface area contributed by atoms with E-state index in [0.717, 1.165) is 22.6 Å². The topological polar surface area (TPSA) is 3.24 Å². The predicted octanol–water partition coefficient (Wildman–Crippen LogP) is 17.5. The summed E-state index contributed by atoms with van der Waals surface area (Å²) in [6.45, 7) is 4.73. The lowest BCUT2D eigenvalue weighted by Gasteiger charge is -2.30. The van der Waals surface area contributed by atoms with Crippen LogP contribution in [0.3, 0.4) is 0 Å². The SMILES string of the molecule is CC1(C)c2ccccc2-c2ccc(N(c3ccc(-c4ccc(-c5ccccc5)cc4)cc3)c3ccccc3-c3cccc(-c4ccccc4)c3-c3ccccc3-c3ccccc3)cc21. The number of para-hydroxylation sites is 1. The van der Waals surface area contributed by atoms with Crippen molar-refractivity contribution in [1.82, 2.24) is 0 Å². The first-order chi connectivity index (χ1) is 31.5. The first kappa shape index (κ1) is 38.9. The second-order valence-corrected chi connectivity index (χ2v) is 17.2. The van der Waals surface area contributed by atoms with Crippen molar-refractivity contribution in [2.24, 2.45) is 0 Å². The highest BCUT2D eigenvalue weighted by Gasteiger charge is 2.36. The quantitative estimate of drug-likeness (QED) is 0.140. The summed E-state index contributed by atoms with van der Waals surface area (Å²) in [5.41, 5.74) is 22.8. The maximum atomic E-state index is 2.47. The normalized spacial score (nSPS) is 12.3. The van der Waals surface area contributed by atoms with Crippen molar-refractivity contribution in [2.45, 2.75) is 19.3 Å². The highest BCUT2D eigenvalue weighted by atomic mass is 15.1. The molecule has 11 rings (SSSR count). The van der Waals surface area contributed by atoms with Crippen molar-refractivity contribution < 1.29 is 0 Å². The Balaban J connectivity index is 1.11. The van der Waals surface area contributed by atoms with Gasteiger partial charge in [0.15, 0.2) is 0 Å². The summed E-state index contributed by atoms with van der Waals surface area (Å²) >= 11 is 0. The van der Waals surface area contributed by atoms with E-state index in [1.54, 1.807) is 0 Å². The molecular formula is C63H47N. The molecule has 0 fully saturated rings. The van der Waals surface area contributed by atoms with Gasteiger partial charge in [0, 0.05) is 22.4 Å². The number of hydrogen-bond acceptors (Lipinski definition) is 1. The van der Waals surface area contributed by atoms with Crippen LogP contribution in [-0.2, 0) is 5.41 Å². The molecule has 0 saturated carbocycles. The first-order valence-corrected chi connectivity index (χ1v) is 22.3. The molecule has 0 saturated heterocycles. The van der Waals surface area contributed by atoms with Gasteiger partial charge in [-0.2, -0.15) is 0 Å². The Labute approximate surface area is 377 Å². The molecule has 1 aliphatic carbocycles. The van der Waals surface area contributed by atoms with Crippen molar-refractivity contribution in [1.29, 1.82) is 0 Å². The standard InChI is InChI=1S/C63H47N/c1-63(2)59-31-16-14-26-54(59)55-42-41-51(43-60(55)63)64(50-39-37-47(38-40-50)46-35-33-45(34-36-46)44-19-6-3-7-20-44)61-32-17-15-27-56(61)58-30-18-29-53(49-23-10-5-11-24-49)62(58)57-28-13-12-25-52(57)48-21-8-4-9-22-48/h3-43H,1-2H3. The van der Waals surface area contributed by atoms with Crippen LogP contribution in [0, 0.1) is 0 Å². The van der Waals surface area contributed by atoms with Gasteiger partial charge in [-0.1, -0.05) is 232 Å². The fourth-order valence-electron chi connectivity index (χ4n) is 9.94. The van der Waals surface area contributed by atoms with Crippen LogP contribution in [0.1, 0.15) is 25.0 Å². The molecule has 64 heavy (non-hydrogen) atoms. The number of fused-ring (bicyclic) bond motifs is 3. The van der Waals surface area contributed by atoms with Crippen LogP contribution in [0.5, 0.6) is 0 Å². The van der Waals surface area contributed by atoms with Crippen molar-refractivity contribution in [3.05, 3.63) is 260 Å². The van der Waals surface area contributed by atoms with Gasteiger partial charge in [-0.15, -0.1) is 0 Å². The minimum absolute atomic E-state index is 0.152. The average molecular weight is 818 g/mol. The van der Waals surface area contributed by atoms with Crippen LogP contribution < -0.4 is 4.90 Å². The van der Waals surface area contributed by atoms with Crippen LogP contribution in [0.25, 0.3) is 77.9 Å². The molecule has 0 spiro atoms. The van der Waals surface area contributed by atoms with E-state index in [4.69, 9.17) is 0 Å². The Kier molecular flexibility index (Phi) is 9.94. The Bertz CT molecular complexity index is 3260. The molecule has 0 aromatic heterocycles. The molecule has 0 unspecified atom stereocenters. The largest absolute Gasteiger partial charge is 0.310 e. The van der Waals surface area contributed by atoms with E-state index < -0.39 is 0 Å². The molecule has 0 atom stereocenters.